The Bertz CT molecular complexity index is 1650. The fourth-order valence-corrected chi connectivity index (χ4v) is 7.82. The van der Waals surface area contributed by atoms with Gasteiger partial charge in [0.1, 0.15) is 17.9 Å². The highest BCUT2D eigenvalue weighted by molar-refractivity contribution is 7.20. The van der Waals surface area contributed by atoms with E-state index in [0.717, 1.165) is 45.8 Å². The molecular weight excluding hydrogens is 649 g/mol. The summed E-state index contributed by atoms with van der Waals surface area (Å²) >= 11 is 1.34. The molecule has 4 aromatic rings. The molecule has 8 nitrogen and oxygen atoms in total. The van der Waals surface area contributed by atoms with E-state index in [2.05, 4.69) is 6.92 Å². The molecule has 0 aliphatic heterocycles. The number of fused-ring (bicyclic) bond motifs is 2. The van der Waals surface area contributed by atoms with Gasteiger partial charge in [-0.2, -0.15) is 0 Å². The van der Waals surface area contributed by atoms with Gasteiger partial charge in [-0.1, -0.05) is 76.5 Å². The number of nitrogens with zero attached hydrogens (tertiary/aromatic N) is 1. The smallest absolute Gasteiger partial charge is 0.323 e. The second kappa shape index (κ2) is 20.5. The van der Waals surface area contributed by atoms with Crippen LogP contribution >= 0.6 is 11.3 Å². The fourth-order valence-electron chi connectivity index (χ4n) is 6.74. The topological polar surface area (TPSA) is 132 Å². The lowest BCUT2D eigenvalue weighted by Gasteiger charge is -2.20. The largest absolute Gasteiger partial charge is 0.461 e. The third-order valence-corrected chi connectivity index (χ3v) is 10.8. The van der Waals surface area contributed by atoms with Crippen molar-refractivity contribution in [2.24, 2.45) is 12.8 Å². The van der Waals surface area contributed by atoms with Crippen molar-refractivity contribution in [2.75, 3.05) is 0 Å². The number of esters is 1. The Labute approximate surface area is 301 Å². The molecule has 0 saturated carbocycles. The first-order chi connectivity index (χ1) is 24.2. The Balaban J connectivity index is 1.26. The van der Waals surface area contributed by atoms with Crippen LogP contribution in [0.4, 0.5) is 0 Å². The molecule has 4 N–H and O–H groups in total. The molecule has 0 amide bonds. The number of hydrogen-bond donors (Lipinski definition) is 3. The van der Waals surface area contributed by atoms with Gasteiger partial charge in [-0.05, 0) is 72.0 Å². The number of carbonyl (C=O) groups excluding carboxylic acids is 3. The Kier molecular flexibility index (Phi) is 16.1. The number of benzene rings is 2. The van der Waals surface area contributed by atoms with E-state index in [1.165, 1.54) is 56.3 Å². The van der Waals surface area contributed by atoms with Crippen LogP contribution in [0.1, 0.15) is 130 Å². The molecule has 1 unspecified atom stereocenters. The quantitative estimate of drug-likeness (QED) is 0.0379. The number of hydrogen-bond acceptors (Lipinski definition) is 8. The van der Waals surface area contributed by atoms with Crippen molar-refractivity contribution in [2.45, 2.75) is 135 Å². The lowest BCUT2D eigenvalue weighted by molar-refractivity contribution is -0.151. The van der Waals surface area contributed by atoms with E-state index in [4.69, 9.17) is 10.5 Å². The summed E-state index contributed by atoms with van der Waals surface area (Å²) in [4.78, 5) is 39.6. The van der Waals surface area contributed by atoms with E-state index >= 15 is 0 Å². The van der Waals surface area contributed by atoms with Crippen molar-refractivity contribution in [1.82, 2.24) is 4.57 Å². The van der Waals surface area contributed by atoms with E-state index in [9.17, 15) is 24.6 Å². The summed E-state index contributed by atoms with van der Waals surface area (Å²) in [5.74, 6) is -0.477. The minimum Gasteiger partial charge on any atom is -0.461 e. The molecule has 50 heavy (non-hydrogen) atoms. The second-order valence-electron chi connectivity index (χ2n) is 13.7. The van der Waals surface area contributed by atoms with E-state index < -0.39 is 12.0 Å². The van der Waals surface area contributed by atoms with Gasteiger partial charge in [-0.3, -0.25) is 14.4 Å². The predicted molar refractivity (Wildman–Crippen MR) is 202 cm³/mol. The molecule has 2 aromatic carbocycles. The first-order valence-corrected chi connectivity index (χ1v) is 19.4. The summed E-state index contributed by atoms with van der Waals surface area (Å²) in [6, 6.07) is 12.7. The number of ether oxygens (including phenoxy) is 1. The molecule has 2 atom stereocenters. The SMILES string of the molecule is CCCCCCCCCCCC(CCCC(=O)CCC(=O)c1cc2cc(CO)c(CO)cc2s1)OC(=O)[C@H](N)Cc1cn(C)c2ccccc12. The molecule has 0 aliphatic rings. The van der Waals surface area contributed by atoms with Crippen LogP contribution in [-0.4, -0.2) is 44.5 Å². The number of aliphatic hydroxyl groups excluding tert-OH is 2. The van der Waals surface area contributed by atoms with Gasteiger partial charge in [0.15, 0.2) is 5.78 Å². The van der Waals surface area contributed by atoms with E-state index in [1.807, 2.05) is 48.1 Å². The number of aromatic nitrogens is 1. The van der Waals surface area contributed by atoms with E-state index in [1.54, 1.807) is 12.1 Å². The van der Waals surface area contributed by atoms with Crippen molar-refractivity contribution >= 4 is 49.9 Å². The maximum atomic E-state index is 13.2. The number of carbonyl (C=O) groups is 3. The zero-order chi connectivity index (χ0) is 35.9. The molecule has 0 saturated heterocycles. The number of Topliss-reactive ketones (excluding diaryl/α,β-unsaturated/α-hetero) is 2. The van der Waals surface area contributed by atoms with Gasteiger partial charge >= 0.3 is 5.97 Å². The summed E-state index contributed by atoms with van der Waals surface area (Å²) in [5, 5.41) is 21.1. The Morgan fingerprint density at radius 3 is 2.20 bits per heavy atom. The van der Waals surface area contributed by atoms with Crippen LogP contribution in [0, 0.1) is 0 Å². The van der Waals surface area contributed by atoms with Crippen molar-refractivity contribution in [3.8, 4) is 0 Å². The van der Waals surface area contributed by atoms with Gasteiger partial charge in [-0.25, -0.2) is 0 Å². The third-order valence-electron chi connectivity index (χ3n) is 9.70. The van der Waals surface area contributed by atoms with Gasteiger partial charge < -0.3 is 25.3 Å². The number of rotatable bonds is 24. The Hall–Kier alpha value is -3.37. The highest BCUT2D eigenvalue weighted by Gasteiger charge is 2.23. The van der Waals surface area contributed by atoms with E-state index in [-0.39, 0.29) is 43.7 Å². The van der Waals surface area contributed by atoms with Crippen molar-refractivity contribution in [1.29, 1.82) is 0 Å². The Morgan fingerprint density at radius 2 is 1.48 bits per heavy atom. The number of nitrogens with two attached hydrogens (primary N) is 1. The molecular formula is C41H56N2O6S. The lowest BCUT2D eigenvalue weighted by Crippen LogP contribution is -2.36. The van der Waals surface area contributed by atoms with Gasteiger partial charge in [0.05, 0.1) is 18.1 Å². The van der Waals surface area contributed by atoms with Crippen LogP contribution in [-0.2, 0) is 41.0 Å². The first kappa shape index (κ1) is 39.4. The molecule has 0 aliphatic carbocycles. The summed E-state index contributed by atoms with van der Waals surface area (Å²) in [7, 11) is 1.99. The molecule has 0 spiro atoms. The van der Waals surface area contributed by atoms with Gasteiger partial charge in [0.25, 0.3) is 0 Å². The molecule has 2 aromatic heterocycles. The van der Waals surface area contributed by atoms with Crippen LogP contribution in [0.3, 0.4) is 0 Å². The molecule has 0 radical (unpaired) electrons. The number of unbranched alkanes of at least 4 members (excludes halogenated alkanes) is 8. The number of aryl methyl sites for hydroxylation is 1. The summed E-state index contributed by atoms with van der Waals surface area (Å²) in [6.45, 7) is 1.87. The monoisotopic (exact) mass is 704 g/mol. The van der Waals surface area contributed by atoms with Crippen molar-refractivity contribution < 1.29 is 29.3 Å². The first-order valence-electron chi connectivity index (χ1n) is 18.5. The standard InChI is InChI=1S/C41H56N2O6S/c1-3-4-5-6-7-8-9-10-11-16-34(49-41(48)36(42)23-30-26-43(2)37-19-13-12-18-35(30)37)17-14-15-33(46)20-21-38(47)40-24-29-22-31(27-44)32(28-45)25-39(29)50-40/h12-13,18-19,22,24-26,34,36,44-45H,3-11,14-17,20-21,23,27-28,42H2,1-2H3/t34?,36-/m1/s1. The number of aliphatic hydroxyl groups is 2. The van der Waals surface area contributed by atoms with Crippen molar-refractivity contribution in [3.05, 3.63) is 70.2 Å². The zero-order valence-corrected chi connectivity index (χ0v) is 30.8. The summed E-state index contributed by atoms with van der Waals surface area (Å²) < 4.78 is 8.92. The molecule has 0 fully saturated rings. The summed E-state index contributed by atoms with van der Waals surface area (Å²) in [6.07, 6.45) is 15.5. The number of thiophene rings is 1. The normalized spacial score (nSPS) is 12.8. The minimum absolute atomic E-state index is 0.0189. The molecule has 0 bridgehead atoms. The average Bonchev–Trinajstić information content (AvgIpc) is 3.68. The Morgan fingerprint density at radius 1 is 0.820 bits per heavy atom. The average molecular weight is 705 g/mol. The molecule has 4 rings (SSSR count). The predicted octanol–water partition coefficient (Wildman–Crippen LogP) is 8.48. The van der Waals surface area contributed by atoms with Crippen LogP contribution < -0.4 is 5.73 Å². The highest BCUT2D eigenvalue weighted by Crippen LogP contribution is 2.30. The molecule has 2 heterocycles. The van der Waals surface area contributed by atoms with Gasteiger partial charge in [0, 0.05) is 54.5 Å². The third kappa shape index (κ3) is 11.6. The second-order valence-corrected chi connectivity index (χ2v) is 14.8. The zero-order valence-electron chi connectivity index (χ0n) is 30.0. The van der Waals surface area contributed by atoms with Gasteiger partial charge in [-0.15, -0.1) is 11.3 Å². The molecule has 9 heteroatoms. The maximum Gasteiger partial charge on any atom is 0.323 e. The number of ketones is 2. The summed E-state index contributed by atoms with van der Waals surface area (Å²) in [5.41, 5.74) is 9.79. The lowest BCUT2D eigenvalue weighted by atomic mass is 10.0. The maximum absolute atomic E-state index is 13.2. The van der Waals surface area contributed by atoms with Crippen molar-refractivity contribution in [3.63, 3.8) is 0 Å². The molecule has 272 valence electrons. The van der Waals surface area contributed by atoms with Crippen LogP contribution in [0.15, 0.2) is 48.7 Å². The van der Waals surface area contributed by atoms with Crippen LogP contribution in [0.5, 0.6) is 0 Å². The van der Waals surface area contributed by atoms with Crippen LogP contribution in [0.2, 0.25) is 0 Å². The fraction of sp³-hybridized carbons (Fsp3) is 0.537. The van der Waals surface area contributed by atoms with Gasteiger partial charge in [0.2, 0.25) is 0 Å². The van der Waals surface area contributed by atoms with Crippen LogP contribution in [0.25, 0.3) is 21.0 Å². The van der Waals surface area contributed by atoms with E-state index in [0.29, 0.717) is 41.7 Å². The highest BCUT2D eigenvalue weighted by atomic mass is 32.1. The number of para-hydroxylation sites is 1. The minimum atomic E-state index is -0.779.